The van der Waals surface area contributed by atoms with Gasteiger partial charge in [-0.05, 0) is 61.5 Å². The number of rotatable bonds is 3. The van der Waals surface area contributed by atoms with Crippen molar-refractivity contribution >= 4 is 17.2 Å². The molecule has 1 aliphatic heterocycles. The molecule has 1 amide bonds. The fourth-order valence-electron chi connectivity index (χ4n) is 3.21. The van der Waals surface area contributed by atoms with Crippen molar-refractivity contribution in [3.05, 3.63) is 21.4 Å². The van der Waals surface area contributed by atoms with Crippen LogP contribution in [-0.4, -0.2) is 37.1 Å². The average Bonchev–Trinajstić information content (AvgIpc) is 2.91. The molecular weight excluding hydrogens is 270 g/mol. The summed E-state index contributed by atoms with van der Waals surface area (Å²) in [6, 6.07) is 0. The van der Waals surface area contributed by atoms with Crippen molar-refractivity contribution in [2.75, 3.05) is 20.2 Å². The van der Waals surface area contributed by atoms with Gasteiger partial charge in [0.05, 0.1) is 11.0 Å². The summed E-state index contributed by atoms with van der Waals surface area (Å²) >= 11 is 1.63. The minimum absolute atomic E-state index is 0.187. The van der Waals surface area contributed by atoms with Crippen molar-refractivity contribution in [2.24, 2.45) is 0 Å². The molecule has 0 bridgehead atoms. The standard InChI is InChI=1S/C16H23NO2S/c1-17(10-13-7-4-5-9-19-13)16(18)15-14-8-3-2-6-12(14)11-20-15/h11,13H,2-10H2,1H3/t13-/m0/s1. The molecule has 3 nitrogen and oxygen atoms in total. The molecule has 0 radical (unpaired) electrons. The molecule has 1 aliphatic carbocycles. The highest BCUT2D eigenvalue weighted by Gasteiger charge is 2.24. The number of nitrogens with zero attached hydrogens (tertiary/aromatic N) is 1. The number of aryl methyl sites for hydroxylation is 1. The molecule has 3 rings (SSSR count). The van der Waals surface area contributed by atoms with Gasteiger partial charge in [-0.2, -0.15) is 0 Å². The number of carbonyl (C=O) groups excluding carboxylic acids is 1. The normalized spacial score (nSPS) is 22.4. The number of likely N-dealkylation sites (N-methyl/N-ethyl adjacent to an activating group) is 1. The lowest BCUT2D eigenvalue weighted by Gasteiger charge is -2.27. The van der Waals surface area contributed by atoms with Crippen LogP contribution in [0.15, 0.2) is 5.38 Å². The molecule has 0 spiro atoms. The molecule has 1 fully saturated rings. The molecule has 20 heavy (non-hydrogen) atoms. The third-order valence-electron chi connectivity index (χ3n) is 4.40. The second-order valence-corrected chi connectivity index (χ2v) is 6.83. The van der Waals surface area contributed by atoms with Crippen molar-refractivity contribution in [3.63, 3.8) is 0 Å². The van der Waals surface area contributed by atoms with Gasteiger partial charge < -0.3 is 9.64 Å². The number of thiophene rings is 1. The lowest BCUT2D eigenvalue weighted by molar-refractivity contribution is -0.000122. The summed E-state index contributed by atoms with van der Waals surface area (Å²) in [5, 5.41) is 2.19. The second kappa shape index (κ2) is 6.27. The number of carbonyl (C=O) groups is 1. The Balaban J connectivity index is 1.66. The summed E-state index contributed by atoms with van der Waals surface area (Å²) in [6.07, 6.45) is 8.41. The number of hydrogen-bond acceptors (Lipinski definition) is 3. The predicted molar refractivity (Wildman–Crippen MR) is 81.5 cm³/mol. The molecular formula is C16H23NO2S. The monoisotopic (exact) mass is 293 g/mol. The first-order valence-corrected chi connectivity index (χ1v) is 8.60. The highest BCUT2D eigenvalue weighted by molar-refractivity contribution is 7.12. The topological polar surface area (TPSA) is 29.5 Å². The van der Waals surface area contributed by atoms with Crippen LogP contribution in [0.25, 0.3) is 0 Å². The summed E-state index contributed by atoms with van der Waals surface area (Å²) < 4.78 is 5.74. The minimum Gasteiger partial charge on any atom is -0.376 e. The zero-order valence-corrected chi connectivity index (χ0v) is 13.0. The summed E-state index contributed by atoms with van der Waals surface area (Å²) in [7, 11) is 1.91. The van der Waals surface area contributed by atoms with Crippen LogP contribution >= 0.6 is 11.3 Å². The number of fused-ring (bicyclic) bond motifs is 1. The average molecular weight is 293 g/mol. The maximum Gasteiger partial charge on any atom is 0.264 e. The van der Waals surface area contributed by atoms with Crippen LogP contribution in [0.5, 0.6) is 0 Å². The van der Waals surface area contributed by atoms with Crippen LogP contribution in [0.3, 0.4) is 0 Å². The van der Waals surface area contributed by atoms with E-state index in [0.717, 1.165) is 43.7 Å². The van der Waals surface area contributed by atoms with E-state index in [1.807, 2.05) is 11.9 Å². The molecule has 2 heterocycles. The molecule has 110 valence electrons. The molecule has 0 saturated carbocycles. The molecule has 0 N–H and O–H groups in total. The van der Waals surface area contributed by atoms with Crippen molar-refractivity contribution in [3.8, 4) is 0 Å². The Kier molecular flexibility index (Phi) is 4.41. The van der Waals surface area contributed by atoms with Crippen molar-refractivity contribution in [1.82, 2.24) is 4.90 Å². The Morgan fingerprint density at radius 1 is 1.35 bits per heavy atom. The first-order valence-electron chi connectivity index (χ1n) is 7.72. The van der Waals surface area contributed by atoms with Crippen LogP contribution in [0, 0.1) is 0 Å². The van der Waals surface area contributed by atoms with Gasteiger partial charge in [-0.1, -0.05) is 0 Å². The predicted octanol–water partition coefficient (Wildman–Crippen LogP) is 3.27. The first kappa shape index (κ1) is 14.1. The van der Waals surface area contributed by atoms with E-state index in [1.165, 1.54) is 30.4 Å². The molecule has 0 aromatic carbocycles. The smallest absolute Gasteiger partial charge is 0.264 e. The maximum atomic E-state index is 12.6. The molecule has 4 heteroatoms. The van der Waals surface area contributed by atoms with Gasteiger partial charge in [0.2, 0.25) is 0 Å². The highest BCUT2D eigenvalue weighted by Crippen LogP contribution is 2.30. The van der Waals surface area contributed by atoms with Crippen molar-refractivity contribution < 1.29 is 9.53 Å². The van der Waals surface area contributed by atoms with Gasteiger partial charge in [0.25, 0.3) is 5.91 Å². The zero-order valence-electron chi connectivity index (χ0n) is 12.2. The van der Waals surface area contributed by atoms with E-state index in [0.29, 0.717) is 0 Å². The first-order chi connectivity index (χ1) is 9.75. The number of hydrogen-bond donors (Lipinski definition) is 0. The molecule has 1 aromatic rings. The molecule has 0 unspecified atom stereocenters. The van der Waals surface area contributed by atoms with Gasteiger partial charge in [-0.3, -0.25) is 4.79 Å². The van der Waals surface area contributed by atoms with Gasteiger partial charge in [-0.15, -0.1) is 11.3 Å². The van der Waals surface area contributed by atoms with E-state index in [9.17, 15) is 4.79 Å². The van der Waals surface area contributed by atoms with Crippen LogP contribution in [0.4, 0.5) is 0 Å². The van der Waals surface area contributed by atoms with E-state index in [-0.39, 0.29) is 12.0 Å². The minimum atomic E-state index is 0.187. The lowest BCUT2D eigenvalue weighted by Crippen LogP contribution is -2.37. The third kappa shape index (κ3) is 2.91. The summed E-state index contributed by atoms with van der Waals surface area (Å²) in [5.41, 5.74) is 2.73. The van der Waals surface area contributed by atoms with Crippen molar-refractivity contribution in [2.45, 2.75) is 51.0 Å². The van der Waals surface area contributed by atoms with Crippen LogP contribution in [-0.2, 0) is 17.6 Å². The molecule has 2 aliphatic rings. The van der Waals surface area contributed by atoms with Crippen LogP contribution < -0.4 is 0 Å². The van der Waals surface area contributed by atoms with E-state index in [4.69, 9.17) is 4.74 Å². The lowest BCUT2D eigenvalue weighted by atomic mass is 9.93. The summed E-state index contributed by atoms with van der Waals surface area (Å²) in [6.45, 7) is 1.58. The fourth-order valence-corrected chi connectivity index (χ4v) is 4.36. The number of amides is 1. The van der Waals surface area contributed by atoms with Crippen molar-refractivity contribution in [1.29, 1.82) is 0 Å². The Morgan fingerprint density at radius 2 is 2.20 bits per heavy atom. The fraction of sp³-hybridized carbons (Fsp3) is 0.688. The highest BCUT2D eigenvalue weighted by atomic mass is 32.1. The molecule has 1 atom stereocenters. The quantitative estimate of drug-likeness (QED) is 0.856. The summed E-state index contributed by atoms with van der Waals surface area (Å²) in [4.78, 5) is 15.5. The van der Waals surface area contributed by atoms with E-state index in [1.54, 1.807) is 11.3 Å². The van der Waals surface area contributed by atoms with E-state index < -0.39 is 0 Å². The largest absolute Gasteiger partial charge is 0.376 e. The Hall–Kier alpha value is -0.870. The number of ether oxygens (including phenoxy) is 1. The van der Waals surface area contributed by atoms with E-state index in [2.05, 4.69) is 5.38 Å². The van der Waals surface area contributed by atoms with Gasteiger partial charge in [0, 0.05) is 20.2 Å². The van der Waals surface area contributed by atoms with E-state index >= 15 is 0 Å². The second-order valence-electron chi connectivity index (χ2n) is 5.95. The third-order valence-corrected chi connectivity index (χ3v) is 5.46. The molecule has 1 saturated heterocycles. The Morgan fingerprint density at radius 3 is 3.00 bits per heavy atom. The van der Waals surface area contributed by atoms with Gasteiger partial charge in [-0.25, -0.2) is 0 Å². The summed E-state index contributed by atoms with van der Waals surface area (Å²) in [5.74, 6) is 0.187. The maximum absolute atomic E-state index is 12.6. The Labute approximate surface area is 124 Å². The zero-order chi connectivity index (χ0) is 13.9. The van der Waals surface area contributed by atoms with Crippen LogP contribution in [0.1, 0.15) is 52.9 Å². The van der Waals surface area contributed by atoms with Gasteiger partial charge in [0.1, 0.15) is 0 Å². The Bertz CT molecular complexity index is 477. The molecule has 1 aromatic heterocycles. The van der Waals surface area contributed by atoms with Gasteiger partial charge in [0.15, 0.2) is 0 Å². The SMILES string of the molecule is CN(C[C@@H]1CCCCO1)C(=O)c1scc2c1CCCC2. The van der Waals surface area contributed by atoms with Crippen LogP contribution in [0.2, 0.25) is 0 Å². The van der Waals surface area contributed by atoms with Gasteiger partial charge >= 0.3 is 0 Å².